The van der Waals surface area contributed by atoms with E-state index in [4.69, 9.17) is 0 Å². The average molecular weight is 402 g/mol. The van der Waals surface area contributed by atoms with E-state index in [2.05, 4.69) is 10.2 Å². The number of nitrogens with zero attached hydrogens (tertiary/aromatic N) is 2. The number of nitrogens with one attached hydrogen (secondary N) is 1. The lowest BCUT2D eigenvalue weighted by Crippen LogP contribution is -2.36. The van der Waals surface area contributed by atoms with Gasteiger partial charge in [-0.25, -0.2) is 13.5 Å². The smallest absolute Gasteiger partial charge is 0.267 e. The summed E-state index contributed by atoms with van der Waals surface area (Å²) in [5.74, 6) is 0. The van der Waals surface area contributed by atoms with E-state index in [9.17, 15) is 13.2 Å². The molecule has 1 N–H and O–H groups in total. The van der Waals surface area contributed by atoms with Gasteiger partial charge in [0.1, 0.15) is 0 Å². The second-order valence-corrected chi connectivity index (χ2v) is 9.61. The molecule has 1 aromatic heterocycles. The number of sulfonamides is 1. The highest BCUT2D eigenvalue weighted by atomic mass is 32.2. The zero-order valence-electron chi connectivity index (χ0n) is 16.3. The minimum atomic E-state index is -3.53. The van der Waals surface area contributed by atoms with Gasteiger partial charge in [0.25, 0.3) is 5.56 Å². The summed E-state index contributed by atoms with van der Waals surface area (Å²) in [6.45, 7) is 3.15. The van der Waals surface area contributed by atoms with E-state index < -0.39 is 10.0 Å². The van der Waals surface area contributed by atoms with Crippen molar-refractivity contribution in [1.82, 2.24) is 14.5 Å². The first-order valence-corrected chi connectivity index (χ1v) is 11.7. The molecule has 0 atom stereocenters. The molecule has 1 aliphatic heterocycles. The highest BCUT2D eigenvalue weighted by Crippen LogP contribution is 2.32. The summed E-state index contributed by atoms with van der Waals surface area (Å²) >= 11 is 0. The first kappa shape index (κ1) is 19.3. The Kier molecular flexibility index (Phi) is 5.38. The maximum absolute atomic E-state index is 13.3. The number of aromatic nitrogens is 2. The van der Waals surface area contributed by atoms with Gasteiger partial charge in [-0.1, -0.05) is 25.5 Å². The van der Waals surface area contributed by atoms with Crippen LogP contribution in [0.2, 0.25) is 0 Å². The fraction of sp³-hybridized carbons (Fsp3) is 0.524. The van der Waals surface area contributed by atoms with Gasteiger partial charge < -0.3 is 0 Å². The van der Waals surface area contributed by atoms with Crippen molar-refractivity contribution in [2.45, 2.75) is 63.2 Å². The molecule has 1 aromatic carbocycles. The molecule has 1 saturated heterocycles. The molecular weight excluding hydrogens is 374 g/mol. The van der Waals surface area contributed by atoms with Crippen LogP contribution in [0.3, 0.4) is 0 Å². The van der Waals surface area contributed by atoms with Crippen LogP contribution in [-0.2, 0) is 29.3 Å². The quantitative estimate of drug-likeness (QED) is 0.853. The van der Waals surface area contributed by atoms with Crippen LogP contribution < -0.4 is 5.56 Å². The number of rotatable bonds is 4. The third kappa shape index (κ3) is 3.42. The second kappa shape index (κ2) is 7.79. The molecule has 0 radical (unpaired) electrons. The topological polar surface area (TPSA) is 83.1 Å². The molecule has 6 nitrogen and oxygen atoms in total. The van der Waals surface area contributed by atoms with Gasteiger partial charge >= 0.3 is 0 Å². The Bertz CT molecular complexity index is 1040. The van der Waals surface area contributed by atoms with Crippen LogP contribution in [0, 0.1) is 0 Å². The molecule has 1 fully saturated rings. The lowest BCUT2D eigenvalue weighted by molar-refractivity contribution is 0.346. The van der Waals surface area contributed by atoms with Crippen molar-refractivity contribution >= 4 is 10.0 Å². The molecule has 150 valence electrons. The molecule has 7 heteroatoms. The van der Waals surface area contributed by atoms with E-state index in [0.29, 0.717) is 30.1 Å². The van der Waals surface area contributed by atoms with Gasteiger partial charge in [0.15, 0.2) is 0 Å². The Balaban J connectivity index is 1.83. The van der Waals surface area contributed by atoms with Crippen LogP contribution in [0.25, 0.3) is 11.3 Å². The van der Waals surface area contributed by atoms with Gasteiger partial charge in [-0.15, -0.1) is 0 Å². The molecule has 0 amide bonds. The van der Waals surface area contributed by atoms with Crippen molar-refractivity contribution in [1.29, 1.82) is 0 Å². The van der Waals surface area contributed by atoms with Crippen LogP contribution in [0.15, 0.2) is 27.9 Å². The van der Waals surface area contributed by atoms with E-state index in [0.717, 1.165) is 67.2 Å². The van der Waals surface area contributed by atoms with Crippen LogP contribution in [0.1, 0.15) is 55.7 Å². The molecule has 1 aliphatic carbocycles. The van der Waals surface area contributed by atoms with E-state index in [1.54, 1.807) is 10.4 Å². The SMILES string of the molecule is CCc1ccc(-c2n[nH]c(=O)c3c2CCCC3)cc1S(=O)(=O)N1CCCCC1. The summed E-state index contributed by atoms with van der Waals surface area (Å²) in [4.78, 5) is 12.5. The summed E-state index contributed by atoms with van der Waals surface area (Å²) < 4.78 is 28.3. The Labute approximate surface area is 166 Å². The molecule has 2 heterocycles. The van der Waals surface area contributed by atoms with Gasteiger partial charge in [-0.2, -0.15) is 9.40 Å². The predicted octanol–water partition coefficient (Wildman–Crippen LogP) is 3.05. The van der Waals surface area contributed by atoms with Crippen LogP contribution >= 0.6 is 0 Å². The molecule has 4 rings (SSSR count). The molecule has 0 spiro atoms. The molecule has 0 bridgehead atoms. The number of piperidine rings is 1. The Morgan fingerprint density at radius 2 is 1.75 bits per heavy atom. The number of aromatic amines is 1. The van der Waals surface area contributed by atoms with Gasteiger partial charge in [-0.05, 0) is 62.1 Å². The molecule has 0 unspecified atom stereocenters. The van der Waals surface area contributed by atoms with Gasteiger partial charge in [-0.3, -0.25) is 4.79 Å². The zero-order chi connectivity index (χ0) is 19.7. The van der Waals surface area contributed by atoms with Crippen LogP contribution in [0.4, 0.5) is 0 Å². The second-order valence-electron chi connectivity index (χ2n) is 7.71. The normalized spacial score (nSPS) is 18.0. The number of benzene rings is 1. The van der Waals surface area contributed by atoms with E-state index in [-0.39, 0.29) is 5.56 Å². The standard InChI is InChI=1S/C21H27N3O3S/c1-2-15-10-11-16(14-19(15)28(26,27)24-12-6-3-7-13-24)20-17-8-4-5-9-18(17)21(25)23-22-20/h10-11,14H,2-9,12-13H2,1H3,(H,23,25). The summed E-state index contributed by atoms with van der Waals surface area (Å²) in [7, 11) is -3.53. The van der Waals surface area contributed by atoms with Crippen LogP contribution in [-0.4, -0.2) is 36.0 Å². The van der Waals surface area contributed by atoms with Gasteiger partial charge in [0.2, 0.25) is 10.0 Å². The van der Waals surface area contributed by atoms with E-state index in [1.807, 2.05) is 19.1 Å². The first-order valence-electron chi connectivity index (χ1n) is 10.3. The fourth-order valence-corrected chi connectivity index (χ4v) is 6.21. The van der Waals surface area contributed by atoms with Crippen molar-refractivity contribution in [3.05, 3.63) is 45.2 Å². The third-order valence-corrected chi connectivity index (χ3v) is 7.93. The number of aryl methyl sites for hydroxylation is 1. The van der Waals surface area contributed by atoms with Gasteiger partial charge in [0, 0.05) is 24.2 Å². The molecular formula is C21H27N3O3S. The number of H-pyrrole nitrogens is 1. The predicted molar refractivity (Wildman–Crippen MR) is 109 cm³/mol. The maximum Gasteiger partial charge on any atom is 0.267 e. The summed E-state index contributed by atoms with van der Waals surface area (Å²) in [6, 6.07) is 5.59. The largest absolute Gasteiger partial charge is 0.268 e. The number of hydrogen-bond acceptors (Lipinski definition) is 4. The Morgan fingerprint density at radius 1 is 1.04 bits per heavy atom. The number of hydrogen-bond donors (Lipinski definition) is 1. The fourth-order valence-electron chi connectivity index (χ4n) is 4.38. The molecule has 2 aromatic rings. The first-order chi connectivity index (χ1) is 13.5. The monoisotopic (exact) mass is 401 g/mol. The average Bonchev–Trinajstić information content (AvgIpc) is 2.74. The van der Waals surface area contributed by atoms with Crippen LogP contribution in [0.5, 0.6) is 0 Å². The van der Waals surface area contributed by atoms with Crippen molar-refractivity contribution in [2.75, 3.05) is 13.1 Å². The molecule has 28 heavy (non-hydrogen) atoms. The van der Waals surface area contributed by atoms with Crippen molar-refractivity contribution < 1.29 is 8.42 Å². The van der Waals surface area contributed by atoms with Crippen molar-refractivity contribution in [3.63, 3.8) is 0 Å². The minimum absolute atomic E-state index is 0.121. The minimum Gasteiger partial charge on any atom is -0.268 e. The van der Waals surface area contributed by atoms with E-state index >= 15 is 0 Å². The Morgan fingerprint density at radius 3 is 2.46 bits per heavy atom. The van der Waals surface area contributed by atoms with Crippen molar-refractivity contribution in [3.8, 4) is 11.3 Å². The van der Waals surface area contributed by atoms with Crippen molar-refractivity contribution in [2.24, 2.45) is 0 Å². The molecule has 2 aliphatic rings. The summed E-state index contributed by atoms with van der Waals surface area (Å²) in [5.41, 5.74) is 3.96. The third-order valence-electron chi connectivity index (χ3n) is 5.95. The highest BCUT2D eigenvalue weighted by Gasteiger charge is 2.29. The maximum atomic E-state index is 13.3. The number of fused-ring (bicyclic) bond motifs is 1. The lowest BCUT2D eigenvalue weighted by Gasteiger charge is -2.27. The summed E-state index contributed by atoms with van der Waals surface area (Å²) in [5, 5.41) is 6.92. The van der Waals surface area contributed by atoms with Gasteiger partial charge in [0.05, 0.1) is 10.6 Å². The zero-order valence-corrected chi connectivity index (χ0v) is 17.1. The summed E-state index contributed by atoms with van der Waals surface area (Å²) in [6.07, 6.45) is 7.15. The Hall–Kier alpha value is -1.99. The van der Waals surface area contributed by atoms with E-state index in [1.165, 1.54) is 0 Å². The highest BCUT2D eigenvalue weighted by molar-refractivity contribution is 7.89. The lowest BCUT2D eigenvalue weighted by atomic mass is 9.89. The molecule has 0 saturated carbocycles.